The fraction of sp³-hybridized carbons (Fsp3) is 0.273. The zero-order valence-corrected chi connectivity index (χ0v) is 8.55. The van der Waals surface area contributed by atoms with Crippen molar-refractivity contribution in [2.75, 3.05) is 13.2 Å². The zero-order valence-electron chi connectivity index (χ0n) is 8.55. The third-order valence-corrected chi connectivity index (χ3v) is 2.30. The fourth-order valence-electron chi connectivity index (χ4n) is 1.53. The predicted molar refractivity (Wildman–Crippen MR) is 54.5 cm³/mol. The monoisotopic (exact) mass is 221 g/mol. The Morgan fingerprint density at radius 2 is 1.94 bits per heavy atom. The third kappa shape index (κ3) is 2.20. The average molecular weight is 221 g/mol. The maximum absolute atomic E-state index is 11.4. The van der Waals surface area contributed by atoms with Gasteiger partial charge < -0.3 is 9.84 Å². The van der Waals surface area contributed by atoms with Crippen LogP contribution in [0, 0.1) is 0 Å². The molecule has 2 amide bonds. The molecule has 0 atom stereocenters. The second-order valence-electron chi connectivity index (χ2n) is 3.54. The minimum Gasteiger partial charge on any atom is -0.508 e. The molecule has 1 aromatic rings. The molecule has 16 heavy (non-hydrogen) atoms. The van der Waals surface area contributed by atoms with Crippen LogP contribution in [-0.2, 0) is 20.9 Å². The number of ether oxygens (including phenoxy) is 1. The van der Waals surface area contributed by atoms with Gasteiger partial charge in [0, 0.05) is 0 Å². The molecule has 5 nitrogen and oxygen atoms in total. The van der Waals surface area contributed by atoms with E-state index in [1.54, 1.807) is 12.1 Å². The fourth-order valence-corrected chi connectivity index (χ4v) is 1.53. The Morgan fingerprint density at radius 3 is 2.56 bits per heavy atom. The number of amides is 2. The Bertz CT molecular complexity index is 414. The van der Waals surface area contributed by atoms with Gasteiger partial charge >= 0.3 is 0 Å². The molecule has 2 rings (SSSR count). The highest BCUT2D eigenvalue weighted by Gasteiger charge is 2.26. The number of morpholine rings is 1. The van der Waals surface area contributed by atoms with Crippen molar-refractivity contribution in [3.05, 3.63) is 29.8 Å². The topological polar surface area (TPSA) is 66.8 Å². The number of hydrogen-bond donors (Lipinski definition) is 1. The van der Waals surface area contributed by atoms with E-state index in [4.69, 9.17) is 4.74 Å². The first-order valence-corrected chi connectivity index (χ1v) is 4.85. The summed E-state index contributed by atoms with van der Waals surface area (Å²) < 4.78 is 4.80. The predicted octanol–water partition coefficient (Wildman–Crippen LogP) is 0.278. The van der Waals surface area contributed by atoms with Crippen molar-refractivity contribution in [1.29, 1.82) is 0 Å². The first-order chi connectivity index (χ1) is 7.66. The maximum atomic E-state index is 11.4. The van der Waals surface area contributed by atoms with Gasteiger partial charge in [0.25, 0.3) is 11.8 Å². The second-order valence-corrected chi connectivity index (χ2v) is 3.54. The summed E-state index contributed by atoms with van der Waals surface area (Å²) in [5, 5.41) is 9.26. The number of phenolic OH excluding ortho intramolecular Hbond substituents is 1. The second kappa shape index (κ2) is 4.32. The zero-order chi connectivity index (χ0) is 11.5. The molecule has 0 aromatic heterocycles. The highest BCUT2D eigenvalue weighted by molar-refractivity contribution is 5.98. The van der Waals surface area contributed by atoms with Gasteiger partial charge in [0.15, 0.2) is 0 Å². The van der Waals surface area contributed by atoms with E-state index in [1.807, 2.05) is 0 Å². The van der Waals surface area contributed by atoms with Gasteiger partial charge in [-0.1, -0.05) is 12.1 Å². The molecule has 5 heteroatoms. The first kappa shape index (κ1) is 10.6. The number of rotatable bonds is 2. The summed E-state index contributed by atoms with van der Waals surface area (Å²) in [5.41, 5.74) is 0.712. The molecule has 0 radical (unpaired) electrons. The Kier molecular flexibility index (Phi) is 2.87. The van der Waals surface area contributed by atoms with Crippen molar-refractivity contribution in [2.45, 2.75) is 6.54 Å². The molecule has 1 N–H and O–H groups in total. The molecule has 0 unspecified atom stereocenters. The van der Waals surface area contributed by atoms with Crippen LogP contribution in [0.25, 0.3) is 0 Å². The lowest BCUT2D eigenvalue weighted by atomic mass is 10.2. The van der Waals surface area contributed by atoms with E-state index in [2.05, 4.69) is 0 Å². The third-order valence-electron chi connectivity index (χ3n) is 2.30. The van der Waals surface area contributed by atoms with E-state index in [0.717, 1.165) is 4.90 Å². The molecule has 1 aromatic carbocycles. The molecule has 0 saturated carbocycles. The van der Waals surface area contributed by atoms with Crippen LogP contribution in [0.15, 0.2) is 24.3 Å². The summed E-state index contributed by atoms with van der Waals surface area (Å²) in [6.45, 7) is 0.0462. The molecule has 84 valence electrons. The molecular weight excluding hydrogens is 210 g/mol. The SMILES string of the molecule is O=C1COCC(=O)N1Cc1cccc(O)c1. The molecule has 1 saturated heterocycles. The highest BCUT2D eigenvalue weighted by atomic mass is 16.5. The summed E-state index contributed by atoms with van der Waals surface area (Å²) in [7, 11) is 0. The Morgan fingerprint density at radius 1 is 1.25 bits per heavy atom. The molecule has 1 aliphatic heterocycles. The summed E-state index contributed by atoms with van der Waals surface area (Å²) >= 11 is 0. The molecule has 0 aliphatic carbocycles. The van der Waals surface area contributed by atoms with Crippen molar-refractivity contribution >= 4 is 11.8 Å². The molecule has 1 heterocycles. The number of nitrogens with zero attached hydrogens (tertiary/aromatic N) is 1. The van der Waals surface area contributed by atoms with Crippen LogP contribution in [-0.4, -0.2) is 35.0 Å². The Labute approximate surface area is 92.2 Å². The van der Waals surface area contributed by atoms with Gasteiger partial charge in [-0.2, -0.15) is 0 Å². The van der Waals surface area contributed by atoms with E-state index in [9.17, 15) is 14.7 Å². The number of hydrogen-bond acceptors (Lipinski definition) is 4. The quantitative estimate of drug-likeness (QED) is 0.728. The van der Waals surface area contributed by atoms with Gasteiger partial charge in [-0.25, -0.2) is 0 Å². The van der Waals surface area contributed by atoms with Gasteiger partial charge in [-0.05, 0) is 17.7 Å². The van der Waals surface area contributed by atoms with Gasteiger partial charge in [0.1, 0.15) is 19.0 Å². The van der Waals surface area contributed by atoms with E-state index >= 15 is 0 Å². The lowest BCUT2D eigenvalue weighted by Crippen LogP contribution is -2.45. The van der Waals surface area contributed by atoms with Crippen LogP contribution in [0.3, 0.4) is 0 Å². The lowest BCUT2D eigenvalue weighted by Gasteiger charge is -2.24. The number of phenols is 1. The van der Waals surface area contributed by atoms with Crippen LogP contribution in [0.5, 0.6) is 5.75 Å². The van der Waals surface area contributed by atoms with Crippen molar-refractivity contribution in [3.8, 4) is 5.75 Å². The number of benzene rings is 1. The lowest BCUT2D eigenvalue weighted by molar-refractivity contribution is -0.159. The van der Waals surface area contributed by atoms with Crippen molar-refractivity contribution in [1.82, 2.24) is 4.90 Å². The van der Waals surface area contributed by atoms with E-state index in [-0.39, 0.29) is 37.3 Å². The molecular formula is C11H11NO4. The average Bonchev–Trinajstić information content (AvgIpc) is 2.24. The first-order valence-electron chi connectivity index (χ1n) is 4.85. The number of carbonyl (C=O) groups excluding carboxylic acids is 2. The van der Waals surface area contributed by atoms with Crippen LogP contribution < -0.4 is 0 Å². The largest absolute Gasteiger partial charge is 0.508 e. The van der Waals surface area contributed by atoms with Crippen molar-refractivity contribution in [2.24, 2.45) is 0 Å². The van der Waals surface area contributed by atoms with E-state index in [0.29, 0.717) is 5.56 Å². The summed E-state index contributed by atoms with van der Waals surface area (Å²) in [6, 6.07) is 6.47. The number of aromatic hydroxyl groups is 1. The van der Waals surface area contributed by atoms with Crippen LogP contribution in [0.2, 0.25) is 0 Å². The molecule has 0 spiro atoms. The number of carbonyl (C=O) groups is 2. The standard InChI is InChI=1S/C11H11NO4/c13-9-3-1-2-8(4-9)5-12-10(14)6-16-7-11(12)15/h1-4,13H,5-7H2. The van der Waals surface area contributed by atoms with Crippen molar-refractivity contribution < 1.29 is 19.4 Å². The van der Waals surface area contributed by atoms with E-state index in [1.165, 1.54) is 12.1 Å². The molecule has 0 bridgehead atoms. The molecule has 1 fully saturated rings. The van der Waals surface area contributed by atoms with Gasteiger partial charge in [-0.3, -0.25) is 14.5 Å². The minimum atomic E-state index is -0.348. The van der Waals surface area contributed by atoms with Crippen LogP contribution >= 0.6 is 0 Å². The normalized spacial score (nSPS) is 16.6. The summed E-state index contributed by atoms with van der Waals surface area (Å²) in [4.78, 5) is 24.0. The van der Waals surface area contributed by atoms with Crippen LogP contribution in [0.1, 0.15) is 5.56 Å². The maximum Gasteiger partial charge on any atom is 0.255 e. The van der Waals surface area contributed by atoms with Gasteiger partial charge in [0.2, 0.25) is 0 Å². The minimum absolute atomic E-state index is 0.0649. The Balaban J connectivity index is 2.13. The summed E-state index contributed by atoms with van der Waals surface area (Å²) in [6.07, 6.45) is 0. The van der Waals surface area contributed by atoms with E-state index < -0.39 is 0 Å². The molecule has 1 aliphatic rings. The number of imide groups is 1. The van der Waals surface area contributed by atoms with Crippen molar-refractivity contribution in [3.63, 3.8) is 0 Å². The smallest absolute Gasteiger partial charge is 0.255 e. The summed E-state index contributed by atoms with van der Waals surface area (Å²) in [5.74, 6) is -0.579. The van der Waals surface area contributed by atoms with Gasteiger partial charge in [-0.15, -0.1) is 0 Å². The highest BCUT2D eigenvalue weighted by Crippen LogP contribution is 2.14. The van der Waals surface area contributed by atoms with Gasteiger partial charge in [0.05, 0.1) is 6.54 Å². The van der Waals surface area contributed by atoms with Crippen LogP contribution in [0.4, 0.5) is 0 Å². The Hall–Kier alpha value is -1.88.